The highest BCUT2D eigenvalue weighted by atomic mass is 32.2. The molecule has 1 unspecified atom stereocenters. The third-order valence-corrected chi connectivity index (χ3v) is 4.68. The minimum Gasteiger partial charge on any atom is -0.271 e. The van der Waals surface area contributed by atoms with Crippen molar-refractivity contribution in [2.75, 3.05) is 6.26 Å². The summed E-state index contributed by atoms with van der Waals surface area (Å²) in [7, 11) is 0. The van der Waals surface area contributed by atoms with Gasteiger partial charge in [0.15, 0.2) is 0 Å². The predicted molar refractivity (Wildman–Crippen MR) is 76.4 cm³/mol. The van der Waals surface area contributed by atoms with Crippen LogP contribution in [0.15, 0.2) is 40.6 Å². The first-order valence-electron chi connectivity index (χ1n) is 5.41. The van der Waals surface area contributed by atoms with Crippen LogP contribution in [0.3, 0.4) is 0 Å². The van der Waals surface area contributed by atoms with E-state index in [2.05, 4.69) is 54.3 Å². The maximum absolute atomic E-state index is 5.74. The second kappa shape index (κ2) is 5.69. The largest absolute Gasteiger partial charge is 0.271 e. The van der Waals surface area contributed by atoms with Crippen LogP contribution in [-0.4, -0.2) is 6.26 Å². The number of nitrogens with one attached hydrogen (secondary N) is 1. The summed E-state index contributed by atoms with van der Waals surface area (Å²) in [5.74, 6) is 5.74. The Morgan fingerprint density at radius 3 is 2.65 bits per heavy atom. The second-order valence-corrected chi connectivity index (χ2v) is 5.61. The molecule has 17 heavy (non-hydrogen) atoms. The fraction of sp³-hybridized carbons (Fsp3) is 0.231. The number of hydrogen-bond acceptors (Lipinski definition) is 4. The van der Waals surface area contributed by atoms with Crippen molar-refractivity contribution in [2.45, 2.75) is 17.9 Å². The van der Waals surface area contributed by atoms with E-state index in [1.54, 1.807) is 23.1 Å². The molecular weight excluding hydrogens is 248 g/mol. The van der Waals surface area contributed by atoms with Crippen molar-refractivity contribution in [2.24, 2.45) is 5.84 Å². The van der Waals surface area contributed by atoms with Gasteiger partial charge in [-0.3, -0.25) is 5.84 Å². The molecule has 4 heteroatoms. The quantitative estimate of drug-likeness (QED) is 0.505. The van der Waals surface area contributed by atoms with Crippen molar-refractivity contribution in [1.29, 1.82) is 0 Å². The lowest BCUT2D eigenvalue weighted by Gasteiger charge is -2.18. The van der Waals surface area contributed by atoms with Crippen molar-refractivity contribution in [3.05, 3.63) is 51.7 Å². The average molecular weight is 264 g/mol. The van der Waals surface area contributed by atoms with Gasteiger partial charge in [-0.25, -0.2) is 5.43 Å². The molecule has 90 valence electrons. The van der Waals surface area contributed by atoms with E-state index in [4.69, 9.17) is 5.84 Å². The highest BCUT2D eigenvalue weighted by molar-refractivity contribution is 7.98. The van der Waals surface area contributed by atoms with Gasteiger partial charge in [0.2, 0.25) is 0 Å². The molecule has 1 atom stereocenters. The third kappa shape index (κ3) is 2.55. The van der Waals surface area contributed by atoms with E-state index in [0.717, 1.165) is 0 Å². The zero-order valence-corrected chi connectivity index (χ0v) is 11.6. The molecule has 0 aliphatic heterocycles. The van der Waals surface area contributed by atoms with Crippen LogP contribution in [0.25, 0.3) is 0 Å². The summed E-state index contributed by atoms with van der Waals surface area (Å²) < 4.78 is 0. The molecular formula is C13H16N2S2. The van der Waals surface area contributed by atoms with Gasteiger partial charge in [-0.2, -0.15) is 0 Å². The van der Waals surface area contributed by atoms with Crippen LogP contribution in [0.5, 0.6) is 0 Å². The Balaban J connectivity index is 2.46. The fourth-order valence-corrected chi connectivity index (χ4v) is 3.53. The highest BCUT2D eigenvalue weighted by Crippen LogP contribution is 2.33. The summed E-state index contributed by atoms with van der Waals surface area (Å²) in [6.07, 6.45) is 2.09. The van der Waals surface area contributed by atoms with E-state index >= 15 is 0 Å². The van der Waals surface area contributed by atoms with Crippen molar-refractivity contribution in [3.8, 4) is 0 Å². The number of aryl methyl sites for hydroxylation is 1. The van der Waals surface area contributed by atoms with Crippen LogP contribution in [0, 0.1) is 6.92 Å². The van der Waals surface area contributed by atoms with Gasteiger partial charge in [-0.1, -0.05) is 18.2 Å². The van der Waals surface area contributed by atoms with Crippen LogP contribution < -0.4 is 11.3 Å². The van der Waals surface area contributed by atoms with E-state index in [-0.39, 0.29) is 6.04 Å². The number of thioether (sulfide) groups is 1. The first-order chi connectivity index (χ1) is 8.27. The molecule has 0 saturated carbocycles. The first kappa shape index (κ1) is 12.6. The van der Waals surface area contributed by atoms with Crippen molar-refractivity contribution < 1.29 is 0 Å². The van der Waals surface area contributed by atoms with Crippen LogP contribution in [0.2, 0.25) is 0 Å². The smallest absolute Gasteiger partial charge is 0.0815 e. The molecule has 1 aromatic heterocycles. The summed E-state index contributed by atoms with van der Waals surface area (Å²) in [6.45, 7) is 2.12. The number of nitrogens with two attached hydrogens (primary N) is 1. The number of benzene rings is 1. The molecule has 1 aromatic carbocycles. The molecule has 2 aromatic rings. The molecule has 2 rings (SSSR count). The predicted octanol–water partition coefficient (Wildman–Crippen LogP) is 3.33. The summed E-state index contributed by atoms with van der Waals surface area (Å²) in [5, 5.41) is 2.11. The van der Waals surface area contributed by atoms with Gasteiger partial charge in [0.25, 0.3) is 0 Å². The number of thiophene rings is 1. The molecule has 0 aliphatic rings. The first-order valence-corrected chi connectivity index (χ1v) is 7.51. The van der Waals surface area contributed by atoms with Gasteiger partial charge in [0.05, 0.1) is 6.04 Å². The fourth-order valence-electron chi connectivity index (χ4n) is 1.89. The Labute approximate surface area is 110 Å². The van der Waals surface area contributed by atoms with Crippen molar-refractivity contribution in [1.82, 2.24) is 5.43 Å². The topological polar surface area (TPSA) is 38.0 Å². The lowest BCUT2D eigenvalue weighted by molar-refractivity contribution is 0.635. The summed E-state index contributed by atoms with van der Waals surface area (Å²) in [6, 6.07) is 10.6. The molecule has 0 fully saturated rings. The molecule has 0 aliphatic carbocycles. The van der Waals surface area contributed by atoms with E-state index in [1.807, 2.05) is 0 Å². The lowest BCUT2D eigenvalue weighted by Crippen LogP contribution is -2.29. The Kier molecular flexibility index (Phi) is 4.23. The van der Waals surface area contributed by atoms with Crippen LogP contribution >= 0.6 is 23.1 Å². The Hall–Kier alpha value is -0.810. The Bertz CT molecular complexity index is 494. The van der Waals surface area contributed by atoms with E-state index in [0.29, 0.717) is 0 Å². The zero-order valence-electron chi connectivity index (χ0n) is 9.94. The number of hydrogen-bond donors (Lipinski definition) is 2. The van der Waals surface area contributed by atoms with E-state index in [1.165, 1.54) is 20.9 Å². The van der Waals surface area contributed by atoms with Crippen molar-refractivity contribution >= 4 is 23.1 Å². The van der Waals surface area contributed by atoms with E-state index in [9.17, 15) is 0 Å². The number of rotatable bonds is 4. The van der Waals surface area contributed by atoms with Gasteiger partial charge in [0.1, 0.15) is 0 Å². The summed E-state index contributed by atoms with van der Waals surface area (Å²) in [5.41, 5.74) is 5.46. The van der Waals surface area contributed by atoms with Gasteiger partial charge >= 0.3 is 0 Å². The Morgan fingerprint density at radius 2 is 2.06 bits per heavy atom. The molecule has 0 saturated heterocycles. The molecule has 0 bridgehead atoms. The Morgan fingerprint density at radius 1 is 1.29 bits per heavy atom. The van der Waals surface area contributed by atoms with Crippen molar-refractivity contribution in [3.63, 3.8) is 0 Å². The normalized spacial score (nSPS) is 12.6. The average Bonchev–Trinajstić information content (AvgIpc) is 2.78. The molecule has 0 amide bonds. The molecule has 1 heterocycles. The van der Waals surface area contributed by atoms with Crippen LogP contribution in [0.1, 0.15) is 22.0 Å². The monoisotopic (exact) mass is 264 g/mol. The lowest BCUT2D eigenvalue weighted by atomic mass is 10.0. The minimum atomic E-state index is 0.0821. The van der Waals surface area contributed by atoms with Gasteiger partial charge in [0, 0.05) is 9.77 Å². The summed E-state index contributed by atoms with van der Waals surface area (Å²) in [4.78, 5) is 2.55. The van der Waals surface area contributed by atoms with Gasteiger partial charge in [-0.15, -0.1) is 23.1 Å². The SMILES string of the molecule is CSc1ccccc1C(NN)c1sccc1C. The minimum absolute atomic E-state index is 0.0821. The molecule has 2 nitrogen and oxygen atoms in total. The standard InChI is InChI=1S/C13H16N2S2/c1-9-7-8-17-13(9)12(15-14)10-5-3-4-6-11(10)16-2/h3-8,12,15H,14H2,1-2H3. The maximum Gasteiger partial charge on any atom is 0.0815 e. The molecule has 0 spiro atoms. The van der Waals surface area contributed by atoms with Crippen LogP contribution in [0.4, 0.5) is 0 Å². The maximum atomic E-state index is 5.74. The highest BCUT2D eigenvalue weighted by Gasteiger charge is 2.18. The summed E-state index contributed by atoms with van der Waals surface area (Å²) >= 11 is 3.50. The van der Waals surface area contributed by atoms with Gasteiger partial charge in [-0.05, 0) is 41.8 Å². The van der Waals surface area contributed by atoms with Gasteiger partial charge < -0.3 is 0 Å². The second-order valence-electron chi connectivity index (χ2n) is 3.81. The van der Waals surface area contributed by atoms with E-state index < -0.39 is 0 Å². The molecule has 0 radical (unpaired) electrons. The zero-order chi connectivity index (χ0) is 12.3. The van der Waals surface area contributed by atoms with Crippen LogP contribution in [-0.2, 0) is 0 Å². The number of hydrazine groups is 1. The molecule has 3 N–H and O–H groups in total. The third-order valence-electron chi connectivity index (χ3n) is 2.78.